The van der Waals surface area contributed by atoms with Crippen molar-refractivity contribution in [3.63, 3.8) is 0 Å². The van der Waals surface area contributed by atoms with Gasteiger partial charge in [-0.3, -0.25) is 9.89 Å². The maximum Gasteiger partial charge on any atom is 0.271 e. The molecule has 2 aliphatic rings. The zero-order chi connectivity index (χ0) is 11.8. The fraction of sp³-hybridized carbons (Fsp3) is 0.750. The number of piperidine rings is 1. The average molecular weight is 236 g/mol. The Morgan fingerprint density at radius 1 is 1.29 bits per heavy atom. The molecule has 0 radical (unpaired) electrons. The van der Waals surface area contributed by atoms with E-state index in [1.54, 1.807) is 0 Å². The minimum Gasteiger partial charge on any atom is -0.312 e. The molecule has 2 aliphatic heterocycles. The predicted octanol–water partition coefficient (Wildman–Crippen LogP) is 0.0888. The van der Waals surface area contributed by atoms with Gasteiger partial charge in [0, 0.05) is 25.2 Å². The minimum atomic E-state index is 0.196. The Kier molecular flexibility index (Phi) is 2.80. The molecule has 3 rings (SSSR count). The number of rotatable bonds is 1. The number of likely N-dealkylation sites (tertiary alicyclic amines) is 1. The van der Waals surface area contributed by atoms with E-state index in [9.17, 15) is 4.79 Å². The molecule has 0 atom stereocenters. The van der Waals surface area contributed by atoms with E-state index in [2.05, 4.69) is 22.4 Å². The van der Waals surface area contributed by atoms with Crippen LogP contribution in [-0.4, -0.2) is 41.4 Å². The molecule has 0 unspecified atom stereocenters. The van der Waals surface area contributed by atoms with Crippen LogP contribution < -0.4 is 10.9 Å². The molecule has 94 valence electrons. The second-order valence-electron chi connectivity index (χ2n) is 5.21. The van der Waals surface area contributed by atoms with Crippen LogP contribution in [0.1, 0.15) is 30.1 Å². The van der Waals surface area contributed by atoms with Gasteiger partial charge in [-0.2, -0.15) is 0 Å². The normalized spacial score (nSPS) is 22.6. The highest BCUT2D eigenvalue weighted by atomic mass is 16.1. The number of nitrogens with zero attached hydrogens (tertiary/aromatic N) is 2. The molecule has 1 aromatic rings. The number of nitrogens with one attached hydrogen (secondary N) is 2. The molecule has 5 heteroatoms. The number of aromatic amines is 1. The Morgan fingerprint density at radius 3 is 2.76 bits per heavy atom. The van der Waals surface area contributed by atoms with Crippen LogP contribution in [0, 0.1) is 0 Å². The molecule has 0 spiro atoms. The number of hydrogen-bond donors (Lipinski definition) is 2. The fourth-order valence-electron chi connectivity index (χ4n) is 2.86. The van der Waals surface area contributed by atoms with E-state index in [1.165, 1.54) is 0 Å². The zero-order valence-corrected chi connectivity index (χ0v) is 10.3. The van der Waals surface area contributed by atoms with E-state index in [0.29, 0.717) is 6.04 Å². The predicted molar refractivity (Wildman–Crippen MR) is 66.2 cm³/mol. The molecule has 1 saturated heterocycles. The first-order valence-corrected chi connectivity index (χ1v) is 6.47. The molecule has 0 aliphatic carbocycles. The van der Waals surface area contributed by atoms with Crippen molar-refractivity contribution in [1.82, 2.24) is 20.0 Å². The van der Waals surface area contributed by atoms with Crippen LogP contribution in [0.15, 0.2) is 4.79 Å². The molecule has 0 bridgehead atoms. The number of H-pyrrole nitrogens is 1. The third-order valence-corrected chi connectivity index (χ3v) is 4.00. The largest absolute Gasteiger partial charge is 0.312 e. The van der Waals surface area contributed by atoms with E-state index in [0.717, 1.165) is 56.7 Å². The summed E-state index contributed by atoms with van der Waals surface area (Å²) >= 11 is 0. The zero-order valence-electron chi connectivity index (χ0n) is 10.3. The summed E-state index contributed by atoms with van der Waals surface area (Å²) in [6.07, 6.45) is 3.09. The van der Waals surface area contributed by atoms with Crippen molar-refractivity contribution in [2.45, 2.75) is 31.8 Å². The molecule has 5 nitrogen and oxygen atoms in total. The van der Waals surface area contributed by atoms with E-state index in [4.69, 9.17) is 0 Å². The lowest BCUT2D eigenvalue weighted by Gasteiger charge is -2.29. The SMILES string of the molecule is CN1CCC(n2[nH]c3c(c2=O)CNCC3)CC1. The minimum absolute atomic E-state index is 0.196. The van der Waals surface area contributed by atoms with Gasteiger partial charge in [0.25, 0.3) is 5.56 Å². The van der Waals surface area contributed by atoms with Gasteiger partial charge in [-0.15, -0.1) is 0 Å². The summed E-state index contributed by atoms with van der Waals surface area (Å²) in [7, 11) is 2.14. The maximum absolute atomic E-state index is 12.3. The second kappa shape index (κ2) is 4.31. The van der Waals surface area contributed by atoms with Crippen LogP contribution in [0.3, 0.4) is 0 Å². The molecule has 1 fully saturated rings. The molecule has 0 aromatic carbocycles. The van der Waals surface area contributed by atoms with Crippen LogP contribution >= 0.6 is 0 Å². The summed E-state index contributed by atoms with van der Waals surface area (Å²) in [5, 5.41) is 6.60. The number of hydrogen-bond acceptors (Lipinski definition) is 3. The standard InChI is InChI=1S/C12H20N4O/c1-15-6-3-9(4-7-15)16-12(17)10-8-13-5-2-11(10)14-16/h9,13-14H,2-8H2,1H3. The van der Waals surface area contributed by atoms with Crippen LogP contribution in [0.25, 0.3) is 0 Å². The van der Waals surface area contributed by atoms with Crippen molar-refractivity contribution in [3.8, 4) is 0 Å². The smallest absolute Gasteiger partial charge is 0.271 e. The summed E-state index contributed by atoms with van der Waals surface area (Å²) in [6, 6.07) is 0.365. The summed E-state index contributed by atoms with van der Waals surface area (Å²) in [5.41, 5.74) is 2.30. The highest BCUT2D eigenvalue weighted by molar-refractivity contribution is 5.20. The molecule has 0 amide bonds. The lowest BCUT2D eigenvalue weighted by molar-refractivity contribution is 0.209. The van der Waals surface area contributed by atoms with Gasteiger partial charge in [0.2, 0.25) is 0 Å². The summed E-state index contributed by atoms with van der Waals surface area (Å²) in [6.45, 7) is 3.86. The van der Waals surface area contributed by atoms with Crippen LogP contribution in [0.2, 0.25) is 0 Å². The van der Waals surface area contributed by atoms with Gasteiger partial charge in [-0.1, -0.05) is 0 Å². The molecule has 0 saturated carbocycles. The van der Waals surface area contributed by atoms with E-state index in [1.807, 2.05) is 4.68 Å². The lowest BCUT2D eigenvalue weighted by Crippen LogP contribution is -2.35. The van der Waals surface area contributed by atoms with Gasteiger partial charge in [-0.05, 0) is 33.0 Å². The van der Waals surface area contributed by atoms with Gasteiger partial charge in [0.15, 0.2) is 0 Å². The van der Waals surface area contributed by atoms with Crippen molar-refractivity contribution in [3.05, 3.63) is 21.6 Å². The quantitative estimate of drug-likeness (QED) is 0.726. The van der Waals surface area contributed by atoms with Crippen molar-refractivity contribution in [2.75, 3.05) is 26.7 Å². The number of aromatic nitrogens is 2. The molecular formula is C12H20N4O. The van der Waals surface area contributed by atoms with Gasteiger partial charge < -0.3 is 10.2 Å². The summed E-state index contributed by atoms with van der Waals surface area (Å²) in [4.78, 5) is 14.6. The van der Waals surface area contributed by atoms with E-state index < -0.39 is 0 Å². The topological polar surface area (TPSA) is 53.1 Å². The maximum atomic E-state index is 12.3. The molecule has 1 aromatic heterocycles. The molecule has 17 heavy (non-hydrogen) atoms. The monoisotopic (exact) mass is 236 g/mol. The summed E-state index contributed by atoms with van der Waals surface area (Å²) in [5.74, 6) is 0. The average Bonchev–Trinajstić information content (AvgIpc) is 2.69. The highest BCUT2D eigenvalue weighted by Crippen LogP contribution is 2.20. The highest BCUT2D eigenvalue weighted by Gasteiger charge is 2.24. The van der Waals surface area contributed by atoms with Gasteiger partial charge in [0.05, 0.1) is 11.6 Å². The van der Waals surface area contributed by atoms with Crippen molar-refractivity contribution in [1.29, 1.82) is 0 Å². The van der Waals surface area contributed by atoms with Crippen molar-refractivity contribution >= 4 is 0 Å². The molecule has 2 N–H and O–H groups in total. The van der Waals surface area contributed by atoms with Crippen LogP contribution in [0.4, 0.5) is 0 Å². The Bertz CT molecular complexity index is 454. The van der Waals surface area contributed by atoms with E-state index >= 15 is 0 Å². The van der Waals surface area contributed by atoms with Gasteiger partial charge in [-0.25, -0.2) is 4.68 Å². The lowest BCUT2D eigenvalue weighted by atomic mass is 10.1. The van der Waals surface area contributed by atoms with Gasteiger partial charge in [0.1, 0.15) is 0 Å². The first-order valence-electron chi connectivity index (χ1n) is 6.47. The summed E-state index contributed by atoms with van der Waals surface area (Å²) < 4.78 is 1.88. The molecular weight excluding hydrogens is 216 g/mol. The molecule has 3 heterocycles. The Hall–Kier alpha value is -1.07. The third-order valence-electron chi connectivity index (χ3n) is 4.00. The Labute approximate surface area is 101 Å². The first kappa shape index (κ1) is 11.0. The van der Waals surface area contributed by atoms with Crippen LogP contribution in [0.5, 0.6) is 0 Å². The van der Waals surface area contributed by atoms with Crippen molar-refractivity contribution in [2.24, 2.45) is 0 Å². The van der Waals surface area contributed by atoms with E-state index in [-0.39, 0.29) is 5.56 Å². The Morgan fingerprint density at radius 2 is 2.06 bits per heavy atom. The van der Waals surface area contributed by atoms with Crippen molar-refractivity contribution < 1.29 is 0 Å². The third kappa shape index (κ3) is 1.93. The van der Waals surface area contributed by atoms with Crippen LogP contribution in [-0.2, 0) is 13.0 Å². The van der Waals surface area contributed by atoms with Gasteiger partial charge >= 0.3 is 0 Å². The first-order chi connectivity index (χ1) is 8.25. The number of fused-ring (bicyclic) bond motifs is 1. The second-order valence-corrected chi connectivity index (χ2v) is 5.21. The fourth-order valence-corrected chi connectivity index (χ4v) is 2.86. The Balaban J connectivity index is 1.88.